The Labute approximate surface area is 110 Å². The Morgan fingerprint density at radius 1 is 1.63 bits per heavy atom. The van der Waals surface area contributed by atoms with E-state index >= 15 is 0 Å². The van der Waals surface area contributed by atoms with Gasteiger partial charge in [-0.05, 0) is 24.6 Å². The van der Waals surface area contributed by atoms with Crippen molar-refractivity contribution in [3.05, 3.63) is 29.6 Å². The van der Waals surface area contributed by atoms with Gasteiger partial charge < -0.3 is 20.5 Å². The average molecular weight is 268 g/mol. The van der Waals surface area contributed by atoms with Crippen LogP contribution < -0.4 is 10.6 Å². The first-order chi connectivity index (χ1) is 9.00. The molecule has 1 saturated heterocycles. The van der Waals surface area contributed by atoms with Crippen LogP contribution in [0.2, 0.25) is 0 Å². The predicted molar refractivity (Wildman–Crippen MR) is 68.2 cm³/mol. The number of hydrogen-bond acceptors (Lipinski definition) is 4. The summed E-state index contributed by atoms with van der Waals surface area (Å²) in [6, 6.07) is 3.80. The Morgan fingerprint density at radius 3 is 2.95 bits per heavy atom. The number of hydrogen-bond donors (Lipinski definition) is 2. The predicted octanol–water partition coefficient (Wildman–Crippen LogP) is 0.570. The molecule has 1 fully saturated rings. The van der Waals surface area contributed by atoms with Crippen LogP contribution in [0.15, 0.2) is 18.2 Å². The van der Waals surface area contributed by atoms with E-state index in [9.17, 15) is 14.3 Å². The Hall–Kier alpha value is -1.66. The monoisotopic (exact) mass is 268 g/mol. The summed E-state index contributed by atoms with van der Waals surface area (Å²) in [7, 11) is 0. The number of carbonyl (C=O) groups is 1. The minimum Gasteiger partial charge on any atom is -0.389 e. The number of carbonyl (C=O) groups excluding carboxylic acids is 1. The maximum Gasteiger partial charge on any atom is 0.242 e. The highest BCUT2D eigenvalue weighted by atomic mass is 19.1. The average Bonchev–Trinajstić information content (AvgIpc) is 2.38. The van der Waals surface area contributed by atoms with Crippen LogP contribution in [0.4, 0.5) is 10.1 Å². The molecule has 1 aliphatic heterocycles. The van der Waals surface area contributed by atoms with Gasteiger partial charge in [-0.1, -0.05) is 6.07 Å². The summed E-state index contributed by atoms with van der Waals surface area (Å²) in [6.07, 6.45) is -0.736. The lowest BCUT2D eigenvalue weighted by atomic mass is 10.1. The number of nitrogens with two attached hydrogens (primary N) is 1. The van der Waals surface area contributed by atoms with E-state index in [1.807, 2.05) is 0 Å². The zero-order valence-corrected chi connectivity index (χ0v) is 10.7. The van der Waals surface area contributed by atoms with Crippen LogP contribution in [0.1, 0.15) is 18.6 Å². The number of ether oxygens (including phenoxy) is 1. The van der Waals surface area contributed by atoms with Crippen LogP contribution in [0, 0.1) is 5.82 Å². The number of aliphatic hydroxyl groups is 1. The molecule has 2 atom stereocenters. The molecule has 0 radical (unpaired) electrons. The lowest BCUT2D eigenvalue weighted by molar-refractivity contribution is -0.121. The van der Waals surface area contributed by atoms with Gasteiger partial charge in [-0.25, -0.2) is 4.39 Å². The van der Waals surface area contributed by atoms with Crippen LogP contribution in [0.3, 0.4) is 0 Å². The molecule has 1 unspecified atom stereocenters. The summed E-state index contributed by atoms with van der Waals surface area (Å²) in [5.41, 5.74) is 6.09. The fraction of sp³-hybridized carbons (Fsp3) is 0.462. The van der Waals surface area contributed by atoms with Gasteiger partial charge in [0.05, 0.1) is 25.0 Å². The van der Waals surface area contributed by atoms with Gasteiger partial charge in [0.15, 0.2) is 0 Å². The molecular weight excluding hydrogens is 251 g/mol. The number of amides is 1. The van der Waals surface area contributed by atoms with Gasteiger partial charge in [-0.2, -0.15) is 0 Å². The molecule has 2 rings (SSSR count). The normalized spacial score (nSPS) is 21.2. The molecule has 0 bridgehead atoms. The molecule has 19 heavy (non-hydrogen) atoms. The minimum atomic E-state index is -0.736. The fourth-order valence-corrected chi connectivity index (χ4v) is 2.14. The molecular formula is C13H17FN2O3. The zero-order valence-electron chi connectivity index (χ0n) is 10.7. The standard InChI is InChI=1S/C13H17FN2O3/c1-8(17)9-2-3-11(10(14)6-9)16-4-5-19-7-12(16)13(15)18/h2-3,6,8,12,17H,4-5,7H2,1H3,(H2,15,18)/t8-,12?/m1/s1. The lowest BCUT2D eigenvalue weighted by Crippen LogP contribution is -2.53. The largest absolute Gasteiger partial charge is 0.389 e. The highest BCUT2D eigenvalue weighted by Gasteiger charge is 2.29. The van der Waals surface area contributed by atoms with E-state index in [0.717, 1.165) is 0 Å². The van der Waals surface area contributed by atoms with E-state index in [1.165, 1.54) is 6.07 Å². The van der Waals surface area contributed by atoms with Gasteiger partial charge in [0, 0.05) is 6.54 Å². The van der Waals surface area contributed by atoms with Crippen molar-refractivity contribution >= 4 is 11.6 Å². The second kappa shape index (κ2) is 5.54. The van der Waals surface area contributed by atoms with Gasteiger partial charge >= 0.3 is 0 Å². The van der Waals surface area contributed by atoms with E-state index in [0.29, 0.717) is 24.4 Å². The number of benzene rings is 1. The second-order valence-electron chi connectivity index (χ2n) is 4.57. The van der Waals surface area contributed by atoms with Crippen molar-refractivity contribution in [3.8, 4) is 0 Å². The zero-order chi connectivity index (χ0) is 14.0. The lowest BCUT2D eigenvalue weighted by Gasteiger charge is -2.35. The molecule has 6 heteroatoms. The third-order valence-corrected chi connectivity index (χ3v) is 3.22. The fourth-order valence-electron chi connectivity index (χ4n) is 2.14. The van der Waals surface area contributed by atoms with E-state index in [2.05, 4.69) is 0 Å². The molecule has 5 nitrogen and oxygen atoms in total. The third kappa shape index (κ3) is 2.85. The van der Waals surface area contributed by atoms with Gasteiger partial charge in [-0.15, -0.1) is 0 Å². The van der Waals surface area contributed by atoms with Gasteiger partial charge in [0.1, 0.15) is 11.9 Å². The summed E-state index contributed by atoms with van der Waals surface area (Å²) in [6.45, 7) is 2.54. The highest BCUT2D eigenvalue weighted by Crippen LogP contribution is 2.26. The molecule has 104 valence electrons. The van der Waals surface area contributed by atoms with Crippen LogP contribution in [0.25, 0.3) is 0 Å². The molecule has 3 N–H and O–H groups in total. The highest BCUT2D eigenvalue weighted by molar-refractivity contribution is 5.84. The van der Waals surface area contributed by atoms with Crippen molar-refractivity contribution in [1.29, 1.82) is 0 Å². The SMILES string of the molecule is C[C@@H](O)c1ccc(N2CCOCC2C(N)=O)c(F)c1. The third-order valence-electron chi connectivity index (χ3n) is 3.22. The Morgan fingerprint density at radius 2 is 2.37 bits per heavy atom. The van der Waals surface area contributed by atoms with E-state index in [-0.39, 0.29) is 6.61 Å². The smallest absolute Gasteiger partial charge is 0.242 e. The van der Waals surface area contributed by atoms with Gasteiger partial charge in [0.2, 0.25) is 5.91 Å². The van der Waals surface area contributed by atoms with Gasteiger partial charge in [-0.3, -0.25) is 4.79 Å². The van der Waals surface area contributed by atoms with Crippen LogP contribution in [-0.4, -0.2) is 36.8 Å². The van der Waals surface area contributed by atoms with Gasteiger partial charge in [0.25, 0.3) is 0 Å². The first-order valence-corrected chi connectivity index (χ1v) is 6.12. The van der Waals surface area contributed by atoms with Crippen molar-refractivity contribution in [2.75, 3.05) is 24.7 Å². The first kappa shape index (κ1) is 13.8. The Kier molecular flexibility index (Phi) is 4.01. The van der Waals surface area contributed by atoms with Crippen molar-refractivity contribution < 1.29 is 19.0 Å². The Balaban J connectivity index is 2.31. The van der Waals surface area contributed by atoms with Crippen LogP contribution in [0.5, 0.6) is 0 Å². The molecule has 1 aliphatic rings. The summed E-state index contributed by atoms with van der Waals surface area (Å²) in [5.74, 6) is -1.02. The van der Waals surface area contributed by atoms with E-state index < -0.39 is 23.9 Å². The molecule has 0 spiro atoms. The van der Waals surface area contributed by atoms with E-state index in [1.54, 1.807) is 24.0 Å². The Bertz CT molecular complexity index is 479. The summed E-state index contributed by atoms with van der Waals surface area (Å²) in [5, 5.41) is 9.42. The number of aliphatic hydroxyl groups excluding tert-OH is 1. The van der Waals surface area contributed by atoms with Crippen LogP contribution >= 0.6 is 0 Å². The molecule has 0 saturated carbocycles. The second-order valence-corrected chi connectivity index (χ2v) is 4.57. The first-order valence-electron chi connectivity index (χ1n) is 6.12. The molecule has 1 heterocycles. The van der Waals surface area contributed by atoms with Crippen molar-refractivity contribution in [2.24, 2.45) is 5.73 Å². The summed E-state index contributed by atoms with van der Waals surface area (Å²) < 4.78 is 19.3. The molecule has 1 amide bonds. The maximum atomic E-state index is 14.1. The molecule has 1 aromatic rings. The summed E-state index contributed by atoms with van der Waals surface area (Å²) in [4.78, 5) is 13.0. The number of rotatable bonds is 3. The number of morpholine rings is 1. The molecule has 0 aromatic heterocycles. The maximum absolute atomic E-state index is 14.1. The molecule has 1 aromatic carbocycles. The number of nitrogens with zero attached hydrogens (tertiary/aromatic N) is 1. The number of anilines is 1. The van der Waals surface area contributed by atoms with Crippen molar-refractivity contribution in [3.63, 3.8) is 0 Å². The van der Waals surface area contributed by atoms with E-state index in [4.69, 9.17) is 10.5 Å². The van der Waals surface area contributed by atoms with Crippen molar-refractivity contribution in [2.45, 2.75) is 19.1 Å². The summed E-state index contributed by atoms with van der Waals surface area (Å²) >= 11 is 0. The quantitative estimate of drug-likeness (QED) is 0.840. The topological polar surface area (TPSA) is 75.8 Å². The number of primary amides is 1. The van der Waals surface area contributed by atoms with Crippen LogP contribution in [-0.2, 0) is 9.53 Å². The minimum absolute atomic E-state index is 0.160. The van der Waals surface area contributed by atoms with Crippen molar-refractivity contribution in [1.82, 2.24) is 0 Å². The molecule has 0 aliphatic carbocycles. The number of halogens is 1.